The predicted molar refractivity (Wildman–Crippen MR) is 106 cm³/mol. The molecule has 140 valence electrons. The average Bonchev–Trinajstić information content (AvgIpc) is 3.06. The highest BCUT2D eigenvalue weighted by Crippen LogP contribution is 2.33. The smallest absolute Gasteiger partial charge is 0.274 e. The Morgan fingerprint density at radius 1 is 1.15 bits per heavy atom. The second-order valence-electron chi connectivity index (χ2n) is 6.27. The van der Waals surface area contributed by atoms with Gasteiger partial charge >= 0.3 is 0 Å². The first kappa shape index (κ1) is 18.5. The number of benzene rings is 2. The number of hydrogen-bond donors (Lipinski definition) is 0. The van der Waals surface area contributed by atoms with Crippen LogP contribution in [0.5, 0.6) is 5.19 Å². The van der Waals surface area contributed by atoms with Crippen LogP contribution in [0.3, 0.4) is 0 Å². The number of carbonyl (C=O) groups excluding carboxylic acids is 1. The number of nitrogens with zero attached hydrogens (tertiary/aromatic N) is 2. The van der Waals surface area contributed by atoms with Crippen LogP contribution in [0.4, 0.5) is 4.39 Å². The number of carbonyl (C=O) groups is 1. The second kappa shape index (κ2) is 7.62. The number of thiazole rings is 1. The largest absolute Gasteiger partial charge is 0.467 e. The second-order valence-corrected chi connectivity index (χ2v) is 8.08. The summed E-state index contributed by atoms with van der Waals surface area (Å²) in [5.41, 5.74) is 0.667. The first-order valence-corrected chi connectivity index (χ1v) is 10.0. The molecule has 0 N–H and O–H groups in total. The lowest BCUT2D eigenvalue weighted by atomic mass is 10.1. The van der Waals surface area contributed by atoms with Gasteiger partial charge in [-0.25, -0.2) is 9.37 Å². The summed E-state index contributed by atoms with van der Waals surface area (Å²) in [6.07, 6.45) is 1.23. The minimum absolute atomic E-state index is 0.0514. The van der Waals surface area contributed by atoms with Gasteiger partial charge in [-0.05, 0) is 24.3 Å². The molecule has 2 aromatic carbocycles. The zero-order valence-corrected chi connectivity index (χ0v) is 16.5. The van der Waals surface area contributed by atoms with E-state index in [-0.39, 0.29) is 22.6 Å². The van der Waals surface area contributed by atoms with E-state index in [1.54, 1.807) is 11.0 Å². The van der Waals surface area contributed by atoms with Crippen molar-refractivity contribution >= 4 is 50.7 Å². The van der Waals surface area contributed by atoms with Gasteiger partial charge in [0.05, 0.1) is 20.3 Å². The van der Waals surface area contributed by atoms with E-state index in [1.165, 1.54) is 29.5 Å². The van der Waals surface area contributed by atoms with Crippen molar-refractivity contribution in [1.29, 1.82) is 0 Å². The van der Waals surface area contributed by atoms with Crippen LogP contribution in [0, 0.1) is 5.82 Å². The number of para-hydroxylation sites is 1. The van der Waals surface area contributed by atoms with Crippen molar-refractivity contribution < 1.29 is 13.9 Å². The van der Waals surface area contributed by atoms with Crippen molar-refractivity contribution in [1.82, 2.24) is 9.88 Å². The van der Waals surface area contributed by atoms with Crippen molar-refractivity contribution in [2.75, 3.05) is 13.1 Å². The number of piperidine rings is 1. The zero-order chi connectivity index (χ0) is 19.0. The van der Waals surface area contributed by atoms with Crippen molar-refractivity contribution in [3.8, 4) is 5.19 Å². The van der Waals surface area contributed by atoms with E-state index in [0.29, 0.717) is 36.1 Å². The molecule has 0 atom stereocenters. The fourth-order valence-electron chi connectivity index (χ4n) is 3.12. The van der Waals surface area contributed by atoms with E-state index in [2.05, 4.69) is 4.98 Å². The molecule has 0 aliphatic carbocycles. The van der Waals surface area contributed by atoms with Gasteiger partial charge in [-0.2, -0.15) is 0 Å². The highest BCUT2D eigenvalue weighted by atomic mass is 35.5. The lowest BCUT2D eigenvalue weighted by Gasteiger charge is -2.31. The van der Waals surface area contributed by atoms with Crippen molar-refractivity contribution in [2.45, 2.75) is 18.9 Å². The first-order chi connectivity index (χ1) is 13.0. The van der Waals surface area contributed by atoms with Crippen molar-refractivity contribution in [3.05, 3.63) is 57.8 Å². The summed E-state index contributed by atoms with van der Waals surface area (Å²) in [6.45, 7) is 0.944. The fourth-order valence-corrected chi connectivity index (χ4v) is 4.55. The third-order valence-electron chi connectivity index (χ3n) is 4.52. The molecule has 0 radical (unpaired) electrons. The number of aromatic nitrogens is 1. The van der Waals surface area contributed by atoms with Gasteiger partial charge in [0, 0.05) is 25.9 Å². The average molecular weight is 425 g/mol. The van der Waals surface area contributed by atoms with Crippen LogP contribution in [0.1, 0.15) is 23.2 Å². The van der Waals surface area contributed by atoms with Crippen LogP contribution in [-0.4, -0.2) is 35.0 Å². The third kappa shape index (κ3) is 3.74. The number of rotatable bonds is 3. The number of halogens is 3. The quantitative estimate of drug-likeness (QED) is 0.563. The molecular weight excluding hydrogens is 410 g/mol. The lowest BCUT2D eigenvalue weighted by molar-refractivity contribution is 0.0591. The van der Waals surface area contributed by atoms with E-state index in [9.17, 15) is 9.18 Å². The van der Waals surface area contributed by atoms with Gasteiger partial charge in [0.15, 0.2) is 0 Å². The standard InChI is InChI=1S/C19H15Cl2FN2O2S/c20-12-3-1-5-14(22)16(12)18(25)24-9-7-11(8-10-24)26-19-23-17-13(21)4-2-6-15(17)27-19/h1-6,11H,7-10H2. The van der Waals surface area contributed by atoms with E-state index in [1.807, 2.05) is 12.1 Å². The molecule has 0 bridgehead atoms. The van der Waals surface area contributed by atoms with E-state index in [0.717, 1.165) is 10.2 Å². The van der Waals surface area contributed by atoms with Crippen LogP contribution in [0.25, 0.3) is 10.2 Å². The molecule has 1 aliphatic rings. The van der Waals surface area contributed by atoms with E-state index >= 15 is 0 Å². The zero-order valence-electron chi connectivity index (χ0n) is 14.1. The van der Waals surface area contributed by atoms with Crippen molar-refractivity contribution in [2.24, 2.45) is 0 Å². The molecular formula is C19H15Cl2FN2O2S. The summed E-state index contributed by atoms with van der Waals surface area (Å²) in [5, 5.41) is 1.30. The molecule has 4 nitrogen and oxygen atoms in total. The summed E-state index contributed by atoms with van der Waals surface area (Å²) >= 11 is 13.6. The molecule has 1 aliphatic heterocycles. The molecule has 1 aromatic heterocycles. The Hall–Kier alpha value is -1.89. The van der Waals surface area contributed by atoms with Gasteiger partial charge in [-0.3, -0.25) is 4.79 Å². The van der Waals surface area contributed by atoms with Crippen LogP contribution in [0.15, 0.2) is 36.4 Å². The SMILES string of the molecule is O=C(c1c(F)cccc1Cl)N1CCC(Oc2nc3c(Cl)cccc3s2)CC1. The van der Waals surface area contributed by atoms with Crippen LogP contribution < -0.4 is 4.74 Å². The molecule has 8 heteroatoms. The minimum Gasteiger partial charge on any atom is -0.467 e. The molecule has 4 rings (SSSR count). The minimum atomic E-state index is -0.600. The summed E-state index contributed by atoms with van der Waals surface area (Å²) in [4.78, 5) is 18.7. The highest BCUT2D eigenvalue weighted by Gasteiger charge is 2.28. The van der Waals surface area contributed by atoms with Gasteiger partial charge in [0.1, 0.15) is 17.4 Å². The first-order valence-electron chi connectivity index (χ1n) is 8.48. The van der Waals surface area contributed by atoms with E-state index in [4.69, 9.17) is 27.9 Å². The van der Waals surface area contributed by atoms with Crippen LogP contribution >= 0.6 is 34.5 Å². The third-order valence-corrected chi connectivity index (χ3v) is 6.05. The van der Waals surface area contributed by atoms with Gasteiger partial charge in [0.2, 0.25) is 0 Å². The Bertz CT molecular complexity index is 982. The topological polar surface area (TPSA) is 42.4 Å². The Morgan fingerprint density at radius 2 is 1.85 bits per heavy atom. The molecule has 3 aromatic rings. The maximum absolute atomic E-state index is 14.0. The summed E-state index contributed by atoms with van der Waals surface area (Å²) in [6, 6.07) is 9.87. The summed E-state index contributed by atoms with van der Waals surface area (Å²) in [5.74, 6) is -0.986. The molecule has 0 saturated carbocycles. The number of fused-ring (bicyclic) bond motifs is 1. The fraction of sp³-hybridized carbons (Fsp3) is 0.263. The van der Waals surface area contributed by atoms with E-state index < -0.39 is 5.82 Å². The summed E-state index contributed by atoms with van der Waals surface area (Å²) < 4.78 is 20.9. The predicted octanol–water partition coefficient (Wildman–Crippen LogP) is 5.43. The molecule has 1 amide bonds. The molecule has 2 heterocycles. The molecule has 1 saturated heterocycles. The maximum Gasteiger partial charge on any atom is 0.274 e. The Morgan fingerprint density at radius 3 is 2.56 bits per heavy atom. The number of ether oxygens (including phenoxy) is 1. The normalized spacial score (nSPS) is 15.3. The highest BCUT2D eigenvalue weighted by molar-refractivity contribution is 7.20. The van der Waals surface area contributed by atoms with Gasteiger partial charge in [-0.1, -0.05) is 46.7 Å². The number of hydrogen-bond acceptors (Lipinski definition) is 4. The van der Waals surface area contributed by atoms with Gasteiger partial charge < -0.3 is 9.64 Å². The Kier molecular flexibility index (Phi) is 5.21. The lowest BCUT2D eigenvalue weighted by Crippen LogP contribution is -2.42. The maximum atomic E-state index is 14.0. The van der Waals surface area contributed by atoms with Gasteiger partial charge in [0.25, 0.3) is 11.1 Å². The van der Waals surface area contributed by atoms with Crippen LogP contribution in [0.2, 0.25) is 10.0 Å². The monoisotopic (exact) mass is 424 g/mol. The van der Waals surface area contributed by atoms with Crippen LogP contribution in [-0.2, 0) is 0 Å². The Balaban J connectivity index is 1.41. The molecule has 0 unspecified atom stereocenters. The molecule has 1 fully saturated rings. The molecule has 0 spiro atoms. The number of amides is 1. The summed E-state index contributed by atoms with van der Waals surface area (Å²) in [7, 11) is 0. The van der Waals surface area contributed by atoms with Gasteiger partial charge in [-0.15, -0.1) is 0 Å². The number of likely N-dealkylation sites (tertiary alicyclic amines) is 1. The molecule has 27 heavy (non-hydrogen) atoms. The van der Waals surface area contributed by atoms with Crippen molar-refractivity contribution in [3.63, 3.8) is 0 Å². The Labute approximate surface area is 169 Å².